The number of amides is 1. The molecule has 0 aliphatic heterocycles. The molecule has 1 amide bonds. The molecule has 1 aliphatic carbocycles. The topological polar surface area (TPSA) is 97.0 Å². The third-order valence-electron chi connectivity index (χ3n) is 6.03. The average molecular weight is 436 g/mol. The van der Waals surface area contributed by atoms with E-state index in [1.54, 1.807) is 24.4 Å². The number of hydrogen-bond acceptors (Lipinski definition) is 5. The molecule has 0 spiro atoms. The minimum Gasteiger partial charge on any atom is -0.437 e. The summed E-state index contributed by atoms with van der Waals surface area (Å²) < 4.78 is 18.5. The number of nitrogens with one attached hydrogen (secondary N) is 2. The first kappa shape index (κ1) is 21.7. The molecule has 3 heterocycles. The molecule has 4 rings (SSSR count). The van der Waals surface area contributed by atoms with Crippen LogP contribution in [0.15, 0.2) is 59.8 Å². The number of ether oxygens (including phenoxy) is 1. The summed E-state index contributed by atoms with van der Waals surface area (Å²) in [6.07, 6.45) is 8.36. The van der Waals surface area contributed by atoms with Gasteiger partial charge in [-0.25, -0.2) is 14.4 Å². The number of H-pyrrole nitrogens is 1. The Labute approximate surface area is 185 Å². The molecule has 1 saturated carbocycles. The highest BCUT2D eigenvalue weighted by Crippen LogP contribution is 2.39. The zero-order chi connectivity index (χ0) is 22.5. The van der Waals surface area contributed by atoms with Gasteiger partial charge in [0.1, 0.15) is 17.4 Å². The van der Waals surface area contributed by atoms with Gasteiger partial charge in [-0.15, -0.1) is 0 Å². The number of anilines is 1. The van der Waals surface area contributed by atoms with Gasteiger partial charge in [0.15, 0.2) is 0 Å². The summed E-state index contributed by atoms with van der Waals surface area (Å²) in [5.74, 6) is 1.06. The maximum absolute atomic E-state index is 12.9. The third kappa shape index (κ3) is 5.38. The Morgan fingerprint density at radius 2 is 2.03 bits per heavy atom. The molecule has 3 atom stereocenters. The average Bonchev–Trinajstić information content (AvgIpc) is 2.82. The van der Waals surface area contributed by atoms with Crippen LogP contribution in [0.5, 0.6) is 11.6 Å². The normalized spacial score (nSPS) is 19.2. The van der Waals surface area contributed by atoms with Gasteiger partial charge in [0.2, 0.25) is 17.3 Å². The summed E-state index contributed by atoms with van der Waals surface area (Å²) >= 11 is 0. The maximum atomic E-state index is 12.9. The molecule has 0 aromatic carbocycles. The summed E-state index contributed by atoms with van der Waals surface area (Å²) in [5, 5.41) is 2.88. The Hall–Kier alpha value is -3.55. The molecule has 7 nitrogen and oxygen atoms in total. The van der Waals surface area contributed by atoms with E-state index < -0.39 is 5.82 Å². The fourth-order valence-electron chi connectivity index (χ4n) is 4.17. The van der Waals surface area contributed by atoms with Crippen LogP contribution in [-0.4, -0.2) is 20.9 Å². The van der Waals surface area contributed by atoms with Crippen LogP contribution in [0.3, 0.4) is 0 Å². The van der Waals surface area contributed by atoms with Crippen LogP contribution in [0, 0.1) is 17.7 Å². The largest absolute Gasteiger partial charge is 0.437 e. The second-order valence-corrected chi connectivity index (χ2v) is 8.18. The zero-order valence-electron chi connectivity index (χ0n) is 17.8. The Morgan fingerprint density at radius 3 is 2.72 bits per heavy atom. The molecule has 3 aromatic heterocycles. The quantitative estimate of drug-likeness (QED) is 0.587. The van der Waals surface area contributed by atoms with E-state index in [1.807, 2.05) is 13.0 Å². The summed E-state index contributed by atoms with van der Waals surface area (Å²) in [5.41, 5.74) is 1.02. The molecule has 3 unspecified atom stereocenters. The number of aromatic nitrogens is 3. The van der Waals surface area contributed by atoms with Gasteiger partial charge >= 0.3 is 0 Å². The minimum absolute atomic E-state index is 0.0708. The lowest BCUT2D eigenvalue weighted by Gasteiger charge is -2.32. The van der Waals surface area contributed by atoms with Crippen LogP contribution in [0.25, 0.3) is 0 Å². The number of hydrogen-bond donors (Lipinski definition) is 2. The van der Waals surface area contributed by atoms with Crippen molar-refractivity contribution in [1.82, 2.24) is 15.0 Å². The van der Waals surface area contributed by atoms with Crippen molar-refractivity contribution in [1.29, 1.82) is 0 Å². The van der Waals surface area contributed by atoms with E-state index in [2.05, 4.69) is 20.3 Å². The molecular formula is C24H25FN4O3. The first-order valence-corrected chi connectivity index (χ1v) is 10.7. The number of pyridine rings is 3. The van der Waals surface area contributed by atoms with Gasteiger partial charge < -0.3 is 15.0 Å². The van der Waals surface area contributed by atoms with Gasteiger partial charge in [0.05, 0.1) is 12.4 Å². The number of halogens is 1. The SMILES string of the molecule is CC(C(=O)Nc1ccc(Oc2ccc(F)cn2)cn1)C1CCCC(c2ccc(=O)[nH]c2)C1. The van der Waals surface area contributed by atoms with Gasteiger partial charge in [-0.05, 0) is 54.9 Å². The second kappa shape index (κ2) is 9.72. The van der Waals surface area contributed by atoms with Gasteiger partial charge in [-0.3, -0.25) is 9.59 Å². The van der Waals surface area contributed by atoms with Crippen molar-refractivity contribution >= 4 is 11.7 Å². The molecule has 1 aliphatic rings. The van der Waals surface area contributed by atoms with Gasteiger partial charge in [-0.1, -0.05) is 19.4 Å². The summed E-state index contributed by atoms with van der Waals surface area (Å²) in [6, 6.07) is 9.46. The van der Waals surface area contributed by atoms with E-state index in [0.717, 1.165) is 37.4 Å². The lowest BCUT2D eigenvalue weighted by molar-refractivity contribution is -0.121. The highest BCUT2D eigenvalue weighted by Gasteiger charge is 2.30. The predicted molar refractivity (Wildman–Crippen MR) is 118 cm³/mol. The van der Waals surface area contributed by atoms with Crippen molar-refractivity contribution in [2.24, 2.45) is 11.8 Å². The smallest absolute Gasteiger partial charge is 0.247 e. The lowest BCUT2D eigenvalue weighted by atomic mass is 9.73. The fourth-order valence-corrected chi connectivity index (χ4v) is 4.17. The van der Waals surface area contributed by atoms with Crippen molar-refractivity contribution in [3.8, 4) is 11.6 Å². The van der Waals surface area contributed by atoms with Crippen LogP contribution in [0.2, 0.25) is 0 Å². The molecular weight excluding hydrogens is 411 g/mol. The third-order valence-corrected chi connectivity index (χ3v) is 6.03. The zero-order valence-corrected chi connectivity index (χ0v) is 17.8. The Kier molecular flexibility index (Phi) is 6.58. The van der Waals surface area contributed by atoms with Crippen LogP contribution in [0.1, 0.15) is 44.1 Å². The van der Waals surface area contributed by atoms with E-state index in [4.69, 9.17) is 4.74 Å². The van der Waals surface area contributed by atoms with E-state index in [0.29, 0.717) is 17.5 Å². The number of aromatic amines is 1. The lowest BCUT2D eigenvalue weighted by Crippen LogP contribution is -2.30. The number of nitrogens with zero attached hydrogens (tertiary/aromatic N) is 2. The number of carbonyl (C=O) groups is 1. The summed E-state index contributed by atoms with van der Waals surface area (Å²) in [4.78, 5) is 35.0. The first-order valence-electron chi connectivity index (χ1n) is 10.7. The molecule has 8 heteroatoms. The highest BCUT2D eigenvalue weighted by molar-refractivity contribution is 5.91. The Bertz CT molecular complexity index is 1090. The van der Waals surface area contributed by atoms with E-state index in [-0.39, 0.29) is 29.2 Å². The maximum Gasteiger partial charge on any atom is 0.247 e. The number of rotatable bonds is 6. The van der Waals surface area contributed by atoms with E-state index in [9.17, 15) is 14.0 Å². The molecule has 1 fully saturated rings. The summed E-state index contributed by atoms with van der Waals surface area (Å²) in [7, 11) is 0. The minimum atomic E-state index is -0.439. The van der Waals surface area contributed by atoms with Gasteiger partial charge in [0, 0.05) is 24.2 Å². The van der Waals surface area contributed by atoms with E-state index >= 15 is 0 Å². The van der Waals surface area contributed by atoms with Crippen molar-refractivity contribution in [3.63, 3.8) is 0 Å². The molecule has 2 N–H and O–H groups in total. The number of carbonyl (C=O) groups excluding carboxylic acids is 1. The first-order chi connectivity index (χ1) is 15.5. The van der Waals surface area contributed by atoms with Crippen molar-refractivity contribution in [2.75, 3.05) is 5.32 Å². The molecule has 0 saturated heterocycles. The molecule has 3 aromatic rings. The molecule has 0 radical (unpaired) electrons. The summed E-state index contributed by atoms with van der Waals surface area (Å²) in [6.45, 7) is 1.95. The molecule has 0 bridgehead atoms. The highest BCUT2D eigenvalue weighted by atomic mass is 19.1. The standard InChI is InChI=1S/C24H25FN4O3/c1-15(16-3-2-4-17(11-16)18-5-9-22(30)27-12-18)24(31)29-21-8-7-20(14-26-21)32-23-10-6-19(25)13-28-23/h5-10,12-17H,2-4,11H2,1H3,(H,27,30)(H,26,29,31). The van der Waals surface area contributed by atoms with Crippen LogP contribution >= 0.6 is 0 Å². The van der Waals surface area contributed by atoms with Crippen LogP contribution < -0.4 is 15.6 Å². The van der Waals surface area contributed by atoms with Crippen molar-refractivity contribution in [2.45, 2.75) is 38.5 Å². The van der Waals surface area contributed by atoms with Gasteiger partial charge in [-0.2, -0.15) is 0 Å². The second-order valence-electron chi connectivity index (χ2n) is 8.18. The van der Waals surface area contributed by atoms with Crippen molar-refractivity contribution < 1.29 is 13.9 Å². The molecule has 32 heavy (non-hydrogen) atoms. The predicted octanol–water partition coefficient (Wildman–Crippen LogP) is 4.64. The van der Waals surface area contributed by atoms with Crippen molar-refractivity contribution in [3.05, 3.63) is 76.7 Å². The fraction of sp³-hybridized carbons (Fsp3) is 0.333. The van der Waals surface area contributed by atoms with Crippen LogP contribution in [0.4, 0.5) is 10.2 Å². The van der Waals surface area contributed by atoms with Gasteiger partial charge in [0.25, 0.3) is 0 Å². The van der Waals surface area contributed by atoms with Crippen LogP contribution in [-0.2, 0) is 4.79 Å². The molecule has 166 valence electrons. The Balaban J connectivity index is 1.34. The van der Waals surface area contributed by atoms with E-state index in [1.165, 1.54) is 18.3 Å². The monoisotopic (exact) mass is 436 g/mol. The Morgan fingerprint density at radius 1 is 1.16 bits per heavy atom.